The Morgan fingerprint density at radius 3 is 2.46 bits per heavy atom. The number of aromatic nitrogens is 2. The van der Waals surface area contributed by atoms with Crippen LogP contribution in [0.1, 0.15) is 26.3 Å². The van der Waals surface area contributed by atoms with E-state index in [9.17, 15) is 13.2 Å². The van der Waals surface area contributed by atoms with Crippen molar-refractivity contribution >= 4 is 17.5 Å². The lowest BCUT2D eigenvalue weighted by atomic mass is 10.1. The first kappa shape index (κ1) is 19.2. The standard InChI is InChI=1S/C14H18F3N7/c1-8(19)10(6-22-13(2,3)7-18)23-12-21-5-9(14(15,16)17)11(20-4)24-12/h5-6,19,22H,1-4H3,(H2,20,21,23,24)/b10-6+,19-8?. The normalized spacial score (nSPS) is 12.3. The van der Waals surface area contributed by atoms with Crippen molar-refractivity contribution in [3.05, 3.63) is 23.7 Å². The second-order valence-corrected chi connectivity index (χ2v) is 5.39. The maximum atomic E-state index is 12.8. The van der Waals surface area contributed by atoms with Crippen LogP contribution in [0.5, 0.6) is 0 Å². The Balaban J connectivity index is 3.11. The van der Waals surface area contributed by atoms with Crippen molar-refractivity contribution in [2.24, 2.45) is 0 Å². The number of nitriles is 1. The lowest BCUT2D eigenvalue weighted by Gasteiger charge is -2.18. The van der Waals surface area contributed by atoms with Gasteiger partial charge >= 0.3 is 6.18 Å². The summed E-state index contributed by atoms with van der Waals surface area (Å²) in [7, 11) is 1.32. The predicted octanol–water partition coefficient (Wildman–Crippen LogP) is 2.72. The zero-order chi connectivity index (χ0) is 18.5. The fourth-order valence-corrected chi connectivity index (χ4v) is 1.48. The van der Waals surface area contributed by atoms with Crippen molar-refractivity contribution in [3.8, 4) is 6.07 Å². The summed E-state index contributed by atoms with van der Waals surface area (Å²) in [6, 6.07) is 2.02. The molecule has 0 aromatic carbocycles. The third-order valence-electron chi connectivity index (χ3n) is 2.84. The van der Waals surface area contributed by atoms with E-state index < -0.39 is 17.3 Å². The van der Waals surface area contributed by atoms with Gasteiger partial charge < -0.3 is 21.4 Å². The van der Waals surface area contributed by atoms with Crippen molar-refractivity contribution in [1.29, 1.82) is 10.7 Å². The summed E-state index contributed by atoms with van der Waals surface area (Å²) in [5, 5.41) is 24.5. The lowest BCUT2D eigenvalue weighted by Crippen LogP contribution is -2.34. The summed E-state index contributed by atoms with van der Waals surface area (Å²) < 4.78 is 38.5. The van der Waals surface area contributed by atoms with Crippen LogP contribution in [0.4, 0.5) is 24.9 Å². The summed E-state index contributed by atoms with van der Waals surface area (Å²) in [6.07, 6.45) is -2.54. The quantitative estimate of drug-likeness (QED) is 0.592. The summed E-state index contributed by atoms with van der Waals surface area (Å²) in [5.41, 5.74) is -1.55. The first-order valence-corrected chi connectivity index (χ1v) is 6.84. The van der Waals surface area contributed by atoms with Crippen molar-refractivity contribution in [3.63, 3.8) is 0 Å². The number of anilines is 2. The Morgan fingerprint density at radius 2 is 2.00 bits per heavy atom. The van der Waals surface area contributed by atoms with Gasteiger partial charge in [-0.3, -0.25) is 0 Å². The monoisotopic (exact) mass is 341 g/mol. The molecule has 0 amide bonds. The van der Waals surface area contributed by atoms with Gasteiger partial charge in [0.05, 0.1) is 17.5 Å². The van der Waals surface area contributed by atoms with Crippen LogP contribution in [0.2, 0.25) is 0 Å². The molecule has 0 saturated heterocycles. The summed E-state index contributed by atoms with van der Waals surface area (Å²) in [5.74, 6) is -0.492. The minimum Gasteiger partial charge on any atom is -0.372 e. The average molecular weight is 341 g/mol. The molecule has 0 unspecified atom stereocenters. The summed E-state index contributed by atoms with van der Waals surface area (Å²) >= 11 is 0. The third-order valence-corrected chi connectivity index (χ3v) is 2.84. The summed E-state index contributed by atoms with van der Waals surface area (Å²) in [6.45, 7) is 4.74. The number of hydrogen-bond acceptors (Lipinski definition) is 7. The molecule has 4 N–H and O–H groups in total. The average Bonchev–Trinajstić information content (AvgIpc) is 2.49. The Morgan fingerprint density at radius 1 is 1.38 bits per heavy atom. The fraction of sp³-hybridized carbons (Fsp3) is 0.429. The molecule has 0 radical (unpaired) electrons. The Hall–Kier alpha value is -2.83. The number of nitrogens with one attached hydrogen (secondary N) is 4. The molecule has 0 bridgehead atoms. The molecule has 0 aliphatic heterocycles. The van der Waals surface area contributed by atoms with Gasteiger partial charge in [-0.05, 0) is 20.8 Å². The Bertz CT molecular complexity index is 687. The molecule has 0 fully saturated rings. The van der Waals surface area contributed by atoms with Gasteiger partial charge in [-0.25, -0.2) is 4.98 Å². The second-order valence-electron chi connectivity index (χ2n) is 5.39. The van der Waals surface area contributed by atoms with Crippen LogP contribution in [-0.4, -0.2) is 28.3 Å². The van der Waals surface area contributed by atoms with Crippen molar-refractivity contribution in [1.82, 2.24) is 15.3 Å². The van der Waals surface area contributed by atoms with E-state index >= 15 is 0 Å². The highest BCUT2D eigenvalue weighted by atomic mass is 19.4. The van der Waals surface area contributed by atoms with Gasteiger partial charge in [0.1, 0.15) is 16.9 Å². The maximum absolute atomic E-state index is 12.8. The van der Waals surface area contributed by atoms with Crippen LogP contribution in [0.25, 0.3) is 0 Å². The molecule has 24 heavy (non-hydrogen) atoms. The molecule has 0 spiro atoms. The van der Waals surface area contributed by atoms with Crippen LogP contribution in [0.3, 0.4) is 0 Å². The number of alkyl halides is 3. The lowest BCUT2D eigenvalue weighted by molar-refractivity contribution is -0.137. The molecular weight excluding hydrogens is 323 g/mol. The van der Waals surface area contributed by atoms with Crippen LogP contribution < -0.4 is 16.0 Å². The first-order chi connectivity index (χ1) is 11.0. The van der Waals surface area contributed by atoms with Crippen molar-refractivity contribution < 1.29 is 13.2 Å². The molecule has 0 aliphatic carbocycles. The zero-order valence-electron chi connectivity index (χ0n) is 13.6. The number of allylic oxidation sites excluding steroid dienone is 1. The van der Waals surface area contributed by atoms with Gasteiger partial charge in [-0.2, -0.15) is 23.4 Å². The maximum Gasteiger partial charge on any atom is 0.421 e. The van der Waals surface area contributed by atoms with E-state index in [2.05, 4.69) is 25.9 Å². The highest BCUT2D eigenvalue weighted by Gasteiger charge is 2.35. The molecule has 1 aromatic rings. The van der Waals surface area contributed by atoms with Gasteiger partial charge in [-0.15, -0.1) is 0 Å². The largest absolute Gasteiger partial charge is 0.421 e. The molecule has 0 aliphatic rings. The molecule has 1 rings (SSSR count). The van der Waals surface area contributed by atoms with Gasteiger partial charge in [0.25, 0.3) is 0 Å². The van der Waals surface area contributed by atoms with Crippen LogP contribution in [0.15, 0.2) is 18.1 Å². The molecule has 0 saturated carbocycles. The van der Waals surface area contributed by atoms with Gasteiger partial charge in [0.15, 0.2) is 0 Å². The smallest absolute Gasteiger partial charge is 0.372 e. The summed E-state index contributed by atoms with van der Waals surface area (Å²) in [4.78, 5) is 7.39. The first-order valence-electron chi connectivity index (χ1n) is 6.84. The van der Waals surface area contributed by atoms with E-state index in [1.54, 1.807) is 13.8 Å². The van der Waals surface area contributed by atoms with E-state index in [-0.39, 0.29) is 23.2 Å². The van der Waals surface area contributed by atoms with Gasteiger partial charge in [-0.1, -0.05) is 0 Å². The fourth-order valence-electron chi connectivity index (χ4n) is 1.48. The second kappa shape index (κ2) is 7.16. The predicted molar refractivity (Wildman–Crippen MR) is 84.5 cm³/mol. The molecular formula is C14H18F3N7. The number of nitrogens with zero attached hydrogens (tertiary/aromatic N) is 3. The van der Waals surface area contributed by atoms with E-state index in [1.807, 2.05) is 6.07 Å². The highest BCUT2D eigenvalue weighted by molar-refractivity contribution is 5.97. The Kier molecular flexibility index (Phi) is 5.73. The number of halogens is 3. The molecule has 10 heteroatoms. The van der Waals surface area contributed by atoms with Crippen molar-refractivity contribution in [2.45, 2.75) is 32.5 Å². The van der Waals surface area contributed by atoms with Crippen LogP contribution in [0, 0.1) is 16.7 Å². The van der Waals surface area contributed by atoms with E-state index in [0.29, 0.717) is 6.20 Å². The van der Waals surface area contributed by atoms with E-state index in [0.717, 1.165) is 0 Å². The minimum atomic E-state index is -4.58. The van der Waals surface area contributed by atoms with Crippen LogP contribution >= 0.6 is 0 Å². The van der Waals surface area contributed by atoms with Gasteiger partial charge in [0.2, 0.25) is 5.95 Å². The SMILES string of the molecule is CNc1nc(N/C(=C/NC(C)(C)C#N)C(C)=N)ncc1C(F)(F)F. The van der Waals surface area contributed by atoms with Crippen molar-refractivity contribution in [2.75, 3.05) is 17.7 Å². The zero-order valence-corrected chi connectivity index (χ0v) is 13.6. The molecule has 1 heterocycles. The molecule has 0 atom stereocenters. The highest BCUT2D eigenvalue weighted by Crippen LogP contribution is 2.33. The Labute approximate surface area is 137 Å². The van der Waals surface area contributed by atoms with Gasteiger partial charge in [0, 0.05) is 19.4 Å². The topological polar surface area (TPSA) is 110 Å². The number of rotatable bonds is 6. The van der Waals surface area contributed by atoms with Crippen LogP contribution in [-0.2, 0) is 6.18 Å². The van der Waals surface area contributed by atoms with E-state index in [4.69, 9.17) is 10.7 Å². The minimum absolute atomic E-state index is 0.0887. The molecule has 7 nitrogen and oxygen atoms in total. The molecule has 130 valence electrons. The third kappa shape index (κ3) is 5.12. The van der Waals surface area contributed by atoms with E-state index in [1.165, 1.54) is 20.2 Å². The molecule has 1 aromatic heterocycles. The number of hydrogen-bond donors (Lipinski definition) is 4.